The number of thioether (sulfide) groups is 1. The fourth-order valence-corrected chi connectivity index (χ4v) is 1.82. The van der Waals surface area contributed by atoms with Crippen molar-refractivity contribution in [1.29, 1.82) is 0 Å². The summed E-state index contributed by atoms with van der Waals surface area (Å²) >= 11 is 1.01. The monoisotopic (exact) mass is 226 g/mol. The average molecular weight is 226 g/mol. The molecule has 0 atom stereocenters. The predicted molar refractivity (Wildman–Crippen MR) is 56.5 cm³/mol. The number of carboxylic acid groups (broad SMARTS) is 2. The summed E-state index contributed by atoms with van der Waals surface area (Å²) in [4.78, 5) is 21.7. The normalized spacial score (nSPS) is 9.93. The zero-order valence-electron chi connectivity index (χ0n) is 8.06. The highest BCUT2D eigenvalue weighted by Crippen LogP contribution is 2.23. The van der Waals surface area contributed by atoms with Gasteiger partial charge < -0.3 is 10.2 Å². The highest BCUT2D eigenvalue weighted by Gasteiger charge is 2.11. The second-order valence-electron chi connectivity index (χ2n) is 2.99. The van der Waals surface area contributed by atoms with Crippen LogP contribution >= 0.6 is 11.8 Å². The Hall–Kier alpha value is -1.49. The summed E-state index contributed by atoms with van der Waals surface area (Å²) in [6, 6.07) is 4.93. The Kier molecular flexibility index (Phi) is 3.74. The van der Waals surface area contributed by atoms with E-state index in [0.717, 1.165) is 17.3 Å². The molecule has 0 saturated carbocycles. The predicted octanol–water partition coefficient (Wildman–Crippen LogP) is 1.87. The highest BCUT2D eigenvalue weighted by molar-refractivity contribution is 8.00. The second kappa shape index (κ2) is 4.84. The first-order valence-electron chi connectivity index (χ1n) is 4.19. The van der Waals surface area contributed by atoms with E-state index < -0.39 is 11.9 Å². The lowest BCUT2D eigenvalue weighted by Gasteiger charge is -2.04. The van der Waals surface area contributed by atoms with Crippen LogP contribution in [0.15, 0.2) is 23.1 Å². The first-order chi connectivity index (χ1) is 7.00. The van der Waals surface area contributed by atoms with Gasteiger partial charge in [0.2, 0.25) is 0 Å². The lowest BCUT2D eigenvalue weighted by Crippen LogP contribution is -2.02. The van der Waals surface area contributed by atoms with E-state index in [1.165, 1.54) is 6.07 Å². The minimum Gasteiger partial charge on any atom is -0.481 e. The molecule has 1 rings (SSSR count). The van der Waals surface area contributed by atoms with Gasteiger partial charge in [-0.1, -0.05) is 11.6 Å². The van der Waals surface area contributed by atoms with Crippen LogP contribution in [-0.2, 0) is 4.79 Å². The van der Waals surface area contributed by atoms with Gasteiger partial charge >= 0.3 is 11.9 Å². The van der Waals surface area contributed by atoms with Crippen LogP contribution in [0.3, 0.4) is 0 Å². The molecule has 80 valence electrons. The van der Waals surface area contributed by atoms with E-state index >= 15 is 0 Å². The molecule has 0 fully saturated rings. The number of rotatable bonds is 4. The standard InChI is InChI=1S/C10H10O4S/c1-6-2-3-8(15-5-9(11)12)7(4-6)10(13)14/h2-4H,5H2,1H3,(H,11,12)(H,13,14). The summed E-state index contributed by atoms with van der Waals surface area (Å²) in [6.45, 7) is 1.79. The molecular formula is C10H10O4S. The molecule has 0 aliphatic heterocycles. The van der Waals surface area contributed by atoms with Crippen LogP contribution in [0.5, 0.6) is 0 Å². The zero-order chi connectivity index (χ0) is 11.4. The van der Waals surface area contributed by atoms with E-state index in [-0.39, 0.29) is 11.3 Å². The molecule has 15 heavy (non-hydrogen) atoms. The summed E-state index contributed by atoms with van der Waals surface area (Å²) < 4.78 is 0. The number of carboxylic acids is 2. The molecule has 0 spiro atoms. The first kappa shape index (κ1) is 11.6. The van der Waals surface area contributed by atoms with Gasteiger partial charge in [0.25, 0.3) is 0 Å². The molecule has 4 nitrogen and oxygen atoms in total. The number of aromatic carboxylic acids is 1. The third kappa shape index (κ3) is 3.28. The van der Waals surface area contributed by atoms with E-state index in [0.29, 0.717) is 4.90 Å². The SMILES string of the molecule is Cc1ccc(SCC(=O)O)c(C(=O)O)c1. The van der Waals surface area contributed by atoms with E-state index in [9.17, 15) is 9.59 Å². The Balaban J connectivity index is 2.95. The number of carbonyl (C=O) groups is 2. The number of hydrogen-bond acceptors (Lipinski definition) is 3. The smallest absolute Gasteiger partial charge is 0.336 e. The molecule has 0 unspecified atom stereocenters. The van der Waals surface area contributed by atoms with Crippen molar-refractivity contribution in [2.24, 2.45) is 0 Å². The van der Waals surface area contributed by atoms with Crippen molar-refractivity contribution in [3.8, 4) is 0 Å². The lowest BCUT2D eigenvalue weighted by molar-refractivity contribution is -0.133. The van der Waals surface area contributed by atoms with Gasteiger partial charge in [-0.3, -0.25) is 4.79 Å². The second-order valence-corrected chi connectivity index (χ2v) is 4.00. The molecule has 0 bridgehead atoms. The van der Waals surface area contributed by atoms with Crippen molar-refractivity contribution < 1.29 is 19.8 Å². The van der Waals surface area contributed by atoms with Crippen molar-refractivity contribution in [1.82, 2.24) is 0 Å². The van der Waals surface area contributed by atoms with Crippen LogP contribution in [0, 0.1) is 6.92 Å². The fraction of sp³-hybridized carbons (Fsp3) is 0.200. The summed E-state index contributed by atoms with van der Waals surface area (Å²) in [6.07, 6.45) is 0. The van der Waals surface area contributed by atoms with Gasteiger partial charge in [-0.2, -0.15) is 0 Å². The Bertz CT molecular complexity index is 400. The van der Waals surface area contributed by atoms with Crippen molar-refractivity contribution in [2.45, 2.75) is 11.8 Å². The molecule has 0 amide bonds. The quantitative estimate of drug-likeness (QED) is 0.766. The molecule has 0 aromatic heterocycles. The Morgan fingerprint density at radius 3 is 2.53 bits per heavy atom. The van der Waals surface area contributed by atoms with Crippen molar-refractivity contribution in [2.75, 3.05) is 5.75 Å². The summed E-state index contributed by atoms with van der Waals surface area (Å²) in [5, 5.41) is 17.4. The molecule has 0 radical (unpaired) electrons. The van der Waals surface area contributed by atoms with Crippen LogP contribution in [0.4, 0.5) is 0 Å². The molecule has 0 aliphatic carbocycles. The topological polar surface area (TPSA) is 74.6 Å². The highest BCUT2D eigenvalue weighted by atomic mass is 32.2. The van der Waals surface area contributed by atoms with Crippen molar-refractivity contribution in [3.63, 3.8) is 0 Å². The fourth-order valence-electron chi connectivity index (χ4n) is 1.08. The van der Waals surface area contributed by atoms with Gasteiger partial charge in [-0.25, -0.2) is 4.79 Å². The molecule has 0 saturated heterocycles. The Labute approximate surface area is 90.9 Å². The Morgan fingerprint density at radius 2 is 2.00 bits per heavy atom. The van der Waals surface area contributed by atoms with Crippen LogP contribution in [0.2, 0.25) is 0 Å². The maximum absolute atomic E-state index is 10.9. The summed E-state index contributed by atoms with van der Waals surface area (Å²) in [7, 11) is 0. The van der Waals surface area contributed by atoms with Gasteiger partial charge in [0.15, 0.2) is 0 Å². The minimum atomic E-state index is -1.04. The largest absolute Gasteiger partial charge is 0.481 e. The molecule has 5 heteroatoms. The van der Waals surface area contributed by atoms with Crippen LogP contribution in [-0.4, -0.2) is 27.9 Å². The molecule has 1 aromatic carbocycles. The van der Waals surface area contributed by atoms with Gasteiger partial charge in [-0.15, -0.1) is 11.8 Å². The third-order valence-corrected chi connectivity index (χ3v) is 2.77. The van der Waals surface area contributed by atoms with Crippen LogP contribution in [0.25, 0.3) is 0 Å². The zero-order valence-corrected chi connectivity index (χ0v) is 8.87. The van der Waals surface area contributed by atoms with Gasteiger partial charge in [0, 0.05) is 4.90 Å². The lowest BCUT2D eigenvalue weighted by atomic mass is 10.1. The third-order valence-electron chi connectivity index (χ3n) is 1.72. The molecular weight excluding hydrogens is 216 g/mol. The number of hydrogen-bond donors (Lipinski definition) is 2. The van der Waals surface area contributed by atoms with E-state index in [1.807, 2.05) is 0 Å². The van der Waals surface area contributed by atoms with Gasteiger partial charge in [0.05, 0.1) is 11.3 Å². The summed E-state index contributed by atoms with van der Waals surface area (Å²) in [5.74, 6) is -2.13. The molecule has 2 N–H and O–H groups in total. The van der Waals surface area contributed by atoms with E-state index in [2.05, 4.69) is 0 Å². The maximum Gasteiger partial charge on any atom is 0.336 e. The van der Waals surface area contributed by atoms with Crippen LogP contribution in [0.1, 0.15) is 15.9 Å². The number of aryl methyl sites for hydroxylation is 1. The molecule has 1 aromatic rings. The number of benzene rings is 1. The Morgan fingerprint density at radius 1 is 1.33 bits per heavy atom. The summed E-state index contributed by atoms with van der Waals surface area (Å²) in [5.41, 5.74) is 0.994. The van der Waals surface area contributed by atoms with E-state index in [1.54, 1.807) is 19.1 Å². The van der Waals surface area contributed by atoms with Gasteiger partial charge in [0.1, 0.15) is 0 Å². The van der Waals surface area contributed by atoms with Crippen LogP contribution < -0.4 is 0 Å². The molecule has 0 heterocycles. The van der Waals surface area contributed by atoms with Gasteiger partial charge in [-0.05, 0) is 19.1 Å². The molecule has 0 aliphatic rings. The van der Waals surface area contributed by atoms with Crippen molar-refractivity contribution in [3.05, 3.63) is 29.3 Å². The minimum absolute atomic E-state index is 0.136. The maximum atomic E-state index is 10.9. The van der Waals surface area contributed by atoms with Crippen molar-refractivity contribution >= 4 is 23.7 Å². The first-order valence-corrected chi connectivity index (χ1v) is 5.18. The number of aliphatic carboxylic acids is 1. The average Bonchev–Trinajstić information content (AvgIpc) is 2.15. The van der Waals surface area contributed by atoms with E-state index in [4.69, 9.17) is 10.2 Å².